The lowest BCUT2D eigenvalue weighted by molar-refractivity contribution is 0.0192. The first kappa shape index (κ1) is 45.5. The van der Waals surface area contributed by atoms with Crippen LogP contribution in [-0.4, -0.2) is 72.6 Å². The number of amides is 2. The zero-order valence-corrected chi connectivity index (χ0v) is 37.1. The van der Waals surface area contributed by atoms with E-state index in [4.69, 9.17) is 38.9 Å². The molecular formula is C50H54F2N4O8. The molecule has 0 spiro atoms. The number of likely N-dealkylation sites (tertiary alicyclic amines) is 2. The summed E-state index contributed by atoms with van der Waals surface area (Å²) in [5, 5.41) is 18.0. The Kier molecular flexibility index (Phi) is 13.5. The summed E-state index contributed by atoms with van der Waals surface area (Å²) in [5.74, 6) is 1.96. The first-order chi connectivity index (χ1) is 30.5. The number of rotatable bonds is 4. The summed E-state index contributed by atoms with van der Waals surface area (Å²) in [4.78, 5) is 28.2. The van der Waals surface area contributed by atoms with Gasteiger partial charge < -0.3 is 38.2 Å². The maximum Gasteiger partial charge on any atom is 0.410 e. The SMILES string of the molecule is CC(C)(C)OC(=O)N1CCC(c2cccc3c2OC(c2ccc(C#N)cc2F)CO3)CC1.CC(C)(C)OC(=O)N1CCC(c2cccc3c2O[C@H](c2ccc(C#N)cc2F)CO3)CC1. The van der Waals surface area contributed by atoms with E-state index >= 15 is 0 Å². The van der Waals surface area contributed by atoms with Crippen LogP contribution in [-0.2, 0) is 9.47 Å². The summed E-state index contributed by atoms with van der Waals surface area (Å²) >= 11 is 0. The van der Waals surface area contributed by atoms with Crippen molar-refractivity contribution in [2.45, 2.75) is 102 Å². The van der Waals surface area contributed by atoms with Crippen LogP contribution in [0.25, 0.3) is 0 Å². The van der Waals surface area contributed by atoms with Crippen molar-refractivity contribution in [2.75, 3.05) is 39.4 Å². The summed E-state index contributed by atoms with van der Waals surface area (Å²) in [6, 6.07) is 24.2. The topological polar surface area (TPSA) is 144 Å². The lowest BCUT2D eigenvalue weighted by atomic mass is 9.88. The quantitative estimate of drug-likeness (QED) is 0.194. The molecular weight excluding hydrogens is 823 g/mol. The van der Waals surface area contributed by atoms with E-state index in [0.29, 0.717) is 60.3 Å². The molecule has 2 saturated heterocycles. The van der Waals surface area contributed by atoms with Crippen molar-refractivity contribution in [1.29, 1.82) is 10.5 Å². The van der Waals surface area contributed by atoms with E-state index in [2.05, 4.69) is 0 Å². The van der Waals surface area contributed by atoms with Gasteiger partial charge in [0.2, 0.25) is 0 Å². The van der Waals surface area contributed by atoms with Crippen LogP contribution in [0.5, 0.6) is 23.0 Å². The Morgan fingerprint density at radius 1 is 0.594 bits per heavy atom. The first-order valence-corrected chi connectivity index (χ1v) is 21.7. The van der Waals surface area contributed by atoms with Gasteiger partial charge in [-0.05, 0) is 115 Å². The number of halogens is 2. The maximum absolute atomic E-state index is 14.6. The second kappa shape index (κ2) is 19.1. The van der Waals surface area contributed by atoms with Crippen molar-refractivity contribution in [3.05, 3.63) is 118 Å². The van der Waals surface area contributed by atoms with Crippen LogP contribution in [0, 0.1) is 34.3 Å². The molecule has 12 nitrogen and oxygen atoms in total. The number of hydrogen-bond acceptors (Lipinski definition) is 10. The van der Waals surface area contributed by atoms with E-state index in [9.17, 15) is 18.4 Å². The summed E-state index contributed by atoms with van der Waals surface area (Å²) in [7, 11) is 0. The molecule has 64 heavy (non-hydrogen) atoms. The number of carbonyl (C=O) groups is 2. The van der Waals surface area contributed by atoms with Gasteiger partial charge in [-0.25, -0.2) is 18.4 Å². The number of piperidine rings is 2. The fraction of sp³-hybridized carbons (Fsp3) is 0.440. The van der Waals surface area contributed by atoms with Gasteiger partial charge in [0.15, 0.2) is 35.2 Å². The van der Waals surface area contributed by atoms with Crippen molar-refractivity contribution in [2.24, 2.45) is 0 Å². The monoisotopic (exact) mass is 876 g/mol. The van der Waals surface area contributed by atoms with Crippen LogP contribution in [0.1, 0.15) is 125 Å². The van der Waals surface area contributed by atoms with Crippen molar-refractivity contribution >= 4 is 12.2 Å². The van der Waals surface area contributed by atoms with Gasteiger partial charge in [-0.3, -0.25) is 0 Å². The molecule has 0 aromatic heterocycles. The van der Waals surface area contributed by atoms with Gasteiger partial charge in [0.1, 0.15) is 36.1 Å². The third kappa shape index (κ3) is 10.8. The molecule has 0 radical (unpaired) electrons. The number of ether oxygens (including phenoxy) is 6. The molecule has 0 saturated carbocycles. The predicted octanol–water partition coefficient (Wildman–Crippen LogP) is 10.6. The van der Waals surface area contributed by atoms with Gasteiger partial charge >= 0.3 is 12.2 Å². The lowest BCUT2D eigenvalue weighted by Crippen LogP contribution is -2.41. The molecule has 336 valence electrons. The van der Waals surface area contributed by atoms with Gasteiger partial charge in [-0.15, -0.1) is 0 Å². The maximum atomic E-state index is 14.6. The van der Waals surface area contributed by atoms with Crippen molar-refractivity contribution in [3.63, 3.8) is 0 Å². The molecule has 4 aliphatic heterocycles. The molecule has 14 heteroatoms. The zero-order chi connectivity index (χ0) is 45.8. The molecule has 2 fully saturated rings. The van der Waals surface area contributed by atoms with E-state index in [-0.39, 0.29) is 48.4 Å². The number of hydrogen-bond donors (Lipinski definition) is 0. The molecule has 0 aliphatic carbocycles. The highest BCUT2D eigenvalue weighted by Crippen LogP contribution is 2.46. The van der Waals surface area contributed by atoms with Crippen molar-refractivity contribution in [3.8, 4) is 35.1 Å². The van der Waals surface area contributed by atoms with E-state index in [1.54, 1.807) is 34.1 Å². The Morgan fingerprint density at radius 2 is 0.969 bits per heavy atom. The Bertz CT molecular complexity index is 2270. The fourth-order valence-electron chi connectivity index (χ4n) is 8.29. The second-order valence-corrected chi connectivity index (χ2v) is 18.4. The summed E-state index contributed by atoms with van der Waals surface area (Å²) in [5.41, 5.74) is 2.23. The second-order valence-electron chi connectivity index (χ2n) is 18.4. The van der Waals surface area contributed by atoms with E-state index in [1.165, 1.54) is 12.1 Å². The van der Waals surface area contributed by atoms with Gasteiger partial charge in [-0.2, -0.15) is 10.5 Å². The van der Waals surface area contributed by atoms with Crippen LogP contribution < -0.4 is 18.9 Å². The third-order valence-corrected chi connectivity index (χ3v) is 11.4. The van der Waals surface area contributed by atoms with E-state index < -0.39 is 35.0 Å². The minimum atomic E-state index is -0.599. The van der Waals surface area contributed by atoms with Crippen LogP contribution in [0.15, 0.2) is 72.8 Å². The molecule has 8 rings (SSSR count). The fourth-order valence-corrected chi connectivity index (χ4v) is 8.29. The Morgan fingerprint density at radius 3 is 1.30 bits per heavy atom. The standard InChI is InChI=1S/2C25H27FN2O4/c2*1-25(2,3)32-24(29)28-11-9-17(10-12-28)18-5-4-6-21-23(18)31-22(15-30-21)19-8-7-16(14-27)13-20(19)26/h2*4-8,13,17,22H,9-12,15H2,1-3H3/t22-;/m0./s1. The normalized spacial score (nSPS) is 18.7. The summed E-state index contributed by atoms with van der Waals surface area (Å²) < 4.78 is 64.4. The van der Waals surface area contributed by atoms with Crippen molar-refractivity contribution < 1.29 is 46.8 Å². The zero-order valence-electron chi connectivity index (χ0n) is 37.1. The van der Waals surface area contributed by atoms with Gasteiger partial charge in [0, 0.05) is 48.4 Å². The minimum absolute atomic E-state index is 0.191. The average Bonchev–Trinajstić information content (AvgIpc) is 3.27. The number of benzene rings is 4. The smallest absolute Gasteiger partial charge is 0.410 e. The molecule has 4 aromatic rings. The van der Waals surface area contributed by atoms with Crippen LogP contribution in [0.3, 0.4) is 0 Å². The Hall–Kier alpha value is -6.54. The molecule has 0 bridgehead atoms. The number of fused-ring (bicyclic) bond motifs is 2. The number of nitriles is 2. The first-order valence-electron chi connectivity index (χ1n) is 21.7. The minimum Gasteiger partial charge on any atom is -0.485 e. The summed E-state index contributed by atoms with van der Waals surface area (Å²) in [6.07, 6.45) is 1.31. The van der Waals surface area contributed by atoms with Crippen LogP contribution in [0.2, 0.25) is 0 Å². The predicted molar refractivity (Wildman–Crippen MR) is 232 cm³/mol. The Balaban J connectivity index is 0.000000191. The molecule has 4 aliphatic rings. The molecule has 2 atom stereocenters. The highest BCUT2D eigenvalue weighted by atomic mass is 19.1. The molecule has 0 N–H and O–H groups in total. The van der Waals surface area contributed by atoms with E-state index in [1.807, 2.05) is 90.1 Å². The number of para-hydroxylation sites is 2. The highest BCUT2D eigenvalue weighted by molar-refractivity contribution is 5.69. The average molecular weight is 877 g/mol. The molecule has 2 amide bonds. The lowest BCUT2D eigenvalue weighted by Gasteiger charge is -2.35. The van der Waals surface area contributed by atoms with Gasteiger partial charge in [0.05, 0.1) is 23.3 Å². The number of nitrogens with zero attached hydrogens (tertiary/aromatic N) is 4. The number of carbonyl (C=O) groups excluding carboxylic acids is 2. The van der Waals surface area contributed by atoms with Crippen LogP contribution >= 0.6 is 0 Å². The van der Waals surface area contributed by atoms with Crippen molar-refractivity contribution in [1.82, 2.24) is 9.80 Å². The van der Waals surface area contributed by atoms with Gasteiger partial charge in [0.25, 0.3) is 0 Å². The highest BCUT2D eigenvalue weighted by Gasteiger charge is 2.35. The summed E-state index contributed by atoms with van der Waals surface area (Å²) in [6.45, 7) is 13.9. The molecule has 1 unspecified atom stereocenters. The van der Waals surface area contributed by atoms with E-state index in [0.717, 1.165) is 36.8 Å². The molecule has 4 heterocycles. The largest absolute Gasteiger partial charge is 0.485 e. The third-order valence-electron chi connectivity index (χ3n) is 11.4. The van der Waals surface area contributed by atoms with Gasteiger partial charge in [-0.1, -0.05) is 36.4 Å². The van der Waals surface area contributed by atoms with Crippen LogP contribution in [0.4, 0.5) is 18.4 Å². The molecule has 4 aromatic carbocycles. The Labute approximate surface area is 373 Å².